The van der Waals surface area contributed by atoms with E-state index in [0.29, 0.717) is 13.2 Å². The summed E-state index contributed by atoms with van der Waals surface area (Å²) in [4.78, 5) is 11.7. The highest BCUT2D eigenvalue weighted by Gasteiger charge is 2.15. The first-order valence-corrected chi connectivity index (χ1v) is 6.68. The molecule has 5 nitrogen and oxygen atoms in total. The van der Waals surface area contributed by atoms with Crippen LogP contribution in [0.25, 0.3) is 0 Å². The fourth-order valence-electron chi connectivity index (χ4n) is 1.56. The highest BCUT2D eigenvalue weighted by molar-refractivity contribution is 5.91. The fourth-order valence-corrected chi connectivity index (χ4v) is 1.56. The maximum absolute atomic E-state index is 11.7. The number of rotatable bonds is 8. The van der Waals surface area contributed by atoms with Gasteiger partial charge in [0.2, 0.25) is 5.91 Å². The molecule has 0 heterocycles. The highest BCUT2D eigenvalue weighted by atomic mass is 16.5. The zero-order chi connectivity index (χ0) is 15.0. The molecule has 0 spiro atoms. The minimum atomic E-state index is -0.230. The number of anilines is 1. The van der Waals surface area contributed by atoms with E-state index in [1.165, 1.54) is 0 Å². The molecule has 0 saturated heterocycles. The lowest BCUT2D eigenvalue weighted by molar-refractivity contribution is -0.121. The Morgan fingerprint density at radius 1 is 1.40 bits per heavy atom. The molecule has 1 rings (SSSR count). The number of nitrogens with two attached hydrogens (primary N) is 1. The van der Waals surface area contributed by atoms with Crippen LogP contribution in [0.15, 0.2) is 24.3 Å². The summed E-state index contributed by atoms with van der Waals surface area (Å²) in [7, 11) is 1.66. The molecule has 1 amide bonds. The molecule has 0 bridgehead atoms. The van der Waals surface area contributed by atoms with Crippen molar-refractivity contribution in [3.05, 3.63) is 29.8 Å². The lowest BCUT2D eigenvalue weighted by atomic mass is 10.1. The number of carbonyl (C=O) groups excluding carboxylic acids is 1. The van der Waals surface area contributed by atoms with E-state index in [1.54, 1.807) is 7.11 Å². The molecule has 5 heteroatoms. The van der Waals surface area contributed by atoms with Crippen molar-refractivity contribution < 1.29 is 14.3 Å². The van der Waals surface area contributed by atoms with Crippen LogP contribution in [0.3, 0.4) is 0 Å². The summed E-state index contributed by atoms with van der Waals surface area (Å²) in [5, 5.41) is 2.78. The van der Waals surface area contributed by atoms with E-state index < -0.39 is 0 Å². The number of amides is 1. The van der Waals surface area contributed by atoms with Gasteiger partial charge in [0, 0.05) is 25.9 Å². The topological polar surface area (TPSA) is 73.6 Å². The summed E-state index contributed by atoms with van der Waals surface area (Å²) < 4.78 is 10.6. The average Bonchev–Trinajstić information content (AvgIpc) is 2.44. The molecule has 0 saturated carbocycles. The number of nitrogens with one attached hydrogen (secondary N) is 1. The second-order valence-corrected chi connectivity index (χ2v) is 5.22. The molecule has 0 aliphatic rings. The maximum atomic E-state index is 11.7. The Hall–Kier alpha value is -1.43. The van der Waals surface area contributed by atoms with Gasteiger partial charge in [-0.25, -0.2) is 0 Å². The van der Waals surface area contributed by atoms with Crippen LogP contribution in [0.1, 0.15) is 25.8 Å². The zero-order valence-electron chi connectivity index (χ0n) is 12.4. The molecule has 0 radical (unpaired) electrons. The van der Waals surface area contributed by atoms with E-state index in [0.717, 1.165) is 17.7 Å². The van der Waals surface area contributed by atoms with Crippen LogP contribution in [0.5, 0.6) is 0 Å². The van der Waals surface area contributed by atoms with Crippen LogP contribution in [0.2, 0.25) is 0 Å². The van der Waals surface area contributed by atoms with Crippen LogP contribution >= 0.6 is 0 Å². The third kappa shape index (κ3) is 6.14. The monoisotopic (exact) mass is 280 g/mol. The lowest BCUT2D eigenvalue weighted by Gasteiger charge is -2.22. The number of hydrogen-bond acceptors (Lipinski definition) is 4. The molecule has 0 atom stereocenters. The van der Waals surface area contributed by atoms with E-state index >= 15 is 0 Å². The van der Waals surface area contributed by atoms with Crippen molar-refractivity contribution in [1.29, 1.82) is 0 Å². The Kier molecular flexibility index (Phi) is 6.64. The van der Waals surface area contributed by atoms with Gasteiger partial charge in [0.15, 0.2) is 0 Å². The van der Waals surface area contributed by atoms with Crippen molar-refractivity contribution in [3.8, 4) is 0 Å². The zero-order valence-corrected chi connectivity index (χ0v) is 12.4. The van der Waals surface area contributed by atoms with Gasteiger partial charge >= 0.3 is 0 Å². The molecular formula is C15H24N2O3. The van der Waals surface area contributed by atoms with Gasteiger partial charge in [0.1, 0.15) is 6.61 Å². The minimum absolute atomic E-state index is 0.0344. The van der Waals surface area contributed by atoms with Crippen LogP contribution in [0.4, 0.5) is 5.69 Å². The summed E-state index contributed by atoms with van der Waals surface area (Å²) in [6.45, 7) is 4.93. The van der Waals surface area contributed by atoms with Crippen molar-refractivity contribution in [1.82, 2.24) is 0 Å². The Labute approximate surface area is 120 Å². The van der Waals surface area contributed by atoms with Gasteiger partial charge < -0.3 is 20.5 Å². The first kappa shape index (κ1) is 16.6. The Bertz CT molecular complexity index is 433. The van der Waals surface area contributed by atoms with Gasteiger partial charge in [0.25, 0.3) is 0 Å². The quantitative estimate of drug-likeness (QED) is 0.713. The third-order valence-electron chi connectivity index (χ3n) is 3.08. The number of carbonyl (C=O) groups is 1. The summed E-state index contributed by atoms with van der Waals surface area (Å²) in [6, 6.07) is 7.45. The molecule has 0 unspecified atom stereocenters. The predicted molar refractivity (Wildman–Crippen MR) is 79.5 cm³/mol. The second-order valence-electron chi connectivity index (χ2n) is 5.22. The van der Waals surface area contributed by atoms with E-state index in [9.17, 15) is 4.79 Å². The number of methoxy groups -OCH3 is 1. The second kappa shape index (κ2) is 7.99. The van der Waals surface area contributed by atoms with Gasteiger partial charge in [0.05, 0.1) is 5.60 Å². The van der Waals surface area contributed by atoms with Crippen LogP contribution in [0, 0.1) is 0 Å². The average molecular weight is 280 g/mol. The fraction of sp³-hybridized carbons (Fsp3) is 0.533. The molecule has 20 heavy (non-hydrogen) atoms. The largest absolute Gasteiger partial charge is 0.379 e. The standard InChI is InChI=1S/C15H24N2O3/c1-15(2,19-3)7-8-20-11-14(18)17-13-6-4-5-12(9-13)10-16/h4-6,9H,7-8,10-11,16H2,1-3H3,(H,17,18). The van der Waals surface area contributed by atoms with Gasteiger partial charge in [-0.2, -0.15) is 0 Å². The van der Waals surface area contributed by atoms with E-state index in [-0.39, 0.29) is 18.1 Å². The Balaban J connectivity index is 2.30. The normalized spacial score (nSPS) is 11.4. The van der Waals surface area contributed by atoms with E-state index in [1.807, 2.05) is 38.1 Å². The molecule has 3 N–H and O–H groups in total. The summed E-state index contributed by atoms with van der Waals surface area (Å²) in [5.74, 6) is -0.172. The third-order valence-corrected chi connectivity index (χ3v) is 3.08. The lowest BCUT2D eigenvalue weighted by Crippen LogP contribution is -2.26. The highest BCUT2D eigenvalue weighted by Crippen LogP contribution is 2.13. The number of ether oxygens (including phenoxy) is 2. The van der Waals surface area contributed by atoms with Crippen molar-refractivity contribution in [2.24, 2.45) is 5.73 Å². The minimum Gasteiger partial charge on any atom is -0.379 e. The molecule has 0 aliphatic carbocycles. The first-order valence-electron chi connectivity index (χ1n) is 6.68. The molecule has 112 valence electrons. The van der Waals surface area contributed by atoms with Crippen LogP contribution in [-0.2, 0) is 20.8 Å². The molecule has 1 aromatic carbocycles. The molecule has 1 aromatic rings. The van der Waals surface area contributed by atoms with Crippen molar-refractivity contribution in [3.63, 3.8) is 0 Å². The Morgan fingerprint density at radius 2 is 2.15 bits per heavy atom. The van der Waals surface area contributed by atoms with Gasteiger partial charge in [-0.3, -0.25) is 4.79 Å². The summed E-state index contributed by atoms with van der Waals surface area (Å²) in [5.41, 5.74) is 7.03. The molecule has 0 aromatic heterocycles. The first-order chi connectivity index (χ1) is 9.46. The van der Waals surface area contributed by atoms with Crippen molar-refractivity contribution in [2.45, 2.75) is 32.4 Å². The summed E-state index contributed by atoms with van der Waals surface area (Å²) >= 11 is 0. The van der Waals surface area contributed by atoms with Crippen molar-refractivity contribution in [2.75, 3.05) is 25.6 Å². The van der Waals surface area contributed by atoms with Gasteiger partial charge in [-0.1, -0.05) is 12.1 Å². The number of hydrogen-bond donors (Lipinski definition) is 2. The molecule has 0 aliphatic heterocycles. The van der Waals surface area contributed by atoms with Gasteiger partial charge in [-0.15, -0.1) is 0 Å². The predicted octanol–water partition coefficient (Wildman–Crippen LogP) is 1.92. The number of benzene rings is 1. The smallest absolute Gasteiger partial charge is 0.250 e. The SMILES string of the molecule is COC(C)(C)CCOCC(=O)Nc1cccc(CN)c1. The van der Waals surface area contributed by atoms with E-state index in [2.05, 4.69) is 5.32 Å². The van der Waals surface area contributed by atoms with E-state index in [4.69, 9.17) is 15.2 Å². The maximum Gasteiger partial charge on any atom is 0.250 e. The van der Waals surface area contributed by atoms with Gasteiger partial charge in [-0.05, 0) is 38.0 Å². The van der Waals surface area contributed by atoms with Crippen molar-refractivity contribution >= 4 is 11.6 Å². The van der Waals surface area contributed by atoms with Crippen LogP contribution < -0.4 is 11.1 Å². The summed E-state index contributed by atoms with van der Waals surface area (Å²) in [6.07, 6.45) is 0.736. The Morgan fingerprint density at radius 3 is 2.80 bits per heavy atom. The molecule has 0 fully saturated rings. The molecular weight excluding hydrogens is 256 g/mol. The van der Waals surface area contributed by atoms with Crippen LogP contribution in [-0.4, -0.2) is 31.8 Å².